The van der Waals surface area contributed by atoms with Crippen molar-refractivity contribution in [1.82, 2.24) is 0 Å². The summed E-state index contributed by atoms with van der Waals surface area (Å²) in [6.45, 7) is 0.633. The number of rotatable bonds is 4. The molecule has 1 aliphatic carbocycles. The van der Waals surface area contributed by atoms with Crippen LogP contribution in [0, 0.1) is 0 Å². The second kappa shape index (κ2) is 3.92. The molecule has 1 aliphatic heterocycles. The van der Waals surface area contributed by atoms with Crippen LogP contribution in [0.5, 0.6) is 0 Å². The lowest BCUT2D eigenvalue weighted by molar-refractivity contribution is -0.0178. The van der Waals surface area contributed by atoms with Gasteiger partial charge in [-0.2, -0.15) is 0 Å². The van der Waals surface area contributed by atoms with E-state index in [9.17, 15) is 5.11 Å². The Labute approximate surface area is 78.0 Å². The van der Waals surface area contributed by atoms with Crippen molar-refractivity contribution < 1.29 is 14.6 Å². The Kier molecular flexibility index (Phi) is 2.83. The van der Waals surface area contributed by atoms with Crippen LogP contribution in [-0.2, 0) is 9.47 Å². The summed E-state index contributed by atoms with van der Waals surface area (Å²) in [5, 5.41) is 9.18. The monoisotopic (exact) mass is 187 g/mol. The van der Waals surface area contributed by atoms with Gasteiger partial charge in [0.1, 0.15) is 0 Å². The first-order valence-electron chi connectivity index (χ1n) is 4.95. The van der Waals surface area contributed by atoms with Crippen molar-refractivity contribution in [2.24, 2.45) is 5.73 Å². The molecule has 4 atom stereocenters. The number of aliphatic hydroxyl groups excluding tert-OH is 1. The number of hydrogen-bond acceptors (Lipinski definition) is 4. The van der Waals surface area contributed by atoms with Gasteiger partial charge in [0, 0.05) is 13.0 Å². The Hall–Kier alpha value is -0.160. The summed E-state index contributed by atoms with van der Waals surface area (Å²) in [5.74, 6) is 0. The molecule has 4 unspecified atom stereocenters. The van der Waals surface area contributed by atoms with Crippen LogP contribution >= 0.6 is 0 Å². The SMILES string of the molecule is NCC(O)COC1CCC2OC2C1. The lowest BCUT2D eigenvalue weighted by Gasteiger charge is -2.20. The average Bonchev–Trinajstić information content (AvgIpc) is 2.91. The third-order valence-electron chi connectivity index (χ3n) is 2.75. The van der Waals surface area contributed by atoms with E-state index in [-0.39, 0.29) is 12.6 Å². The van der Waals surface area contributed by atoms with E-state index in [1.807, 2.05) is 0 Å². The van der Waals surface area contributed by atoms with Crippen LogP contribution in [0.4, 0.5) is 0 Å². The smallest absolute Gasteiger partial charge is 0.0895 e. The van der Waals surface area contributed by atoms with Crippen molar-refractivity contribution in [2.75, 3.05) is 13.2 Å². The fourth-order valence-corrected chi connectivity index (χ4v) is 1.83. The van der Waals surface area contributed by atoms with Crippen LogP contribution < -0.4 is 5.73 Å². The molecule has 2 aliphatic rings. The van der Waals surface area contributed by atoms with Crippen LogP contribution in [0.15, 0.2) is 0 Å². The molecule has 1 saturated heterocycles. The highest BCUT2D eigenvalue weighted by atomic mass is 16.6. The summed E-state index contributed by atoms with van der Waals surface area (Å²) in [7, 11) is 0. The van der Waals surface area contributed by atoms with E-state index in [4.69, 9.17) is 15.2 Å². The van der Waals surface area contributed by atoms with E-state index < -0.39 is 6.10 Å². The molecule has 1 saturated carbocycles. The normalized spacial score (nSPS) is 39.7. The fourth-order valence-electron chi connectivity index (χ4n) is 1.83. The number of ether oxygens (including phenoxy) is 2. The molecule has 0 aromatic rings. The summed E-state index contributed by atoms with van der Waals surface area (Å²) in [6, 6.07) is 0. The van der Waals surface area contributed by atoms with Crippen LogP contribution in [0.3, 0.4) is 0 Å². The van der Waals surface area contributed by atoms with Gasteiger partial charge in [0.05, 0.1) is 31.0 Å². The van der Waals surface area contributed by atoms with Crippen molar-refractivity contribution in [3.8, 4) is 0 Å². The predicted octanol–water partition coefficient (Wildman–Crippen LogP) is -0.357. The van der Waals surface area contributed by atoms with Crippen molar-refractivity contribution in [3.63, 3.8) is 0 Å². The molecule has 3 N–H and O–H groups in total. The third kappa shape index (κ3) is 2.40. The first kappa shape index (κ1) is 9.40. The van der Waals surface area contributed by atoms with E-state index in [2.05, 4.69) is 0 Å². The lowest BCUT2D eigenvalue weighted by Crippen LogP contribution is -2.30. The molecule has 2 fully saturated rings. The molecule has 0 bridgehead atoms. The largest absolute Gasteiger partial charge is 0.389 e. The zero-order valence-electron chi connectivity index (χ0n) is 7.69. The summed E-state index contributed by atoms with van der Waals surface area (Å²) in [4.78, 5) is 0. The Morgan fingerprint density at radius 3 is 3.00 bits per heavy atom. The highest BCUT2D eigenvalue weighted by molar-refractivity contribution is 4.92. The number of aliphatic hydroxyl groups is 1. The minimum atomic E-state index is -0.516. The van der Waals surface area contributed by atoms with Gasteiger partial charge in [-0.1, -0.05) is 0 Å². The van der Waals surface area contributed by atoms with Crippen molar-refractivity contribution in [3.05, 3.63) is 0 Å². The summed E-state index contributed by atoms with van der Waals surface area (Å²) < 4.78 is 10.9. The van der Waals surface area contributed by atoms with Gasteiger partial charge in [-0.15, -0.1) is 0 Å². The molecule has 0 amide bonds. The van der Waals surface area contributed by atoms with Gasteiger partial charge in [-0.3, -0.25) is 0 Å². The fraction of sp³-hybridized carbons (Fsp3) is 1.00. The van der Waals surface area contributed by atoms with Crippen molar-refractivity contribution in [1.29, 1.82) is 0 Å². The van der Waals surface area contributed by atoms with Crippen molar-refractivity contribution >= 4 is 0 Å². The minimum absolute atomic E-state index is 0.268. The molecule has 13 heavy (non-hydrogen) atoms. The molecular formula is C9H17NO3. The van der Waals surface area contributed by atoms with E-state index in [1.165, 1.54) is 0 Å². The van der Waals surface area contributed by atoms with Gasteiger partial charge in [0.25, 0.3) is 0 Å². The third-order valence-corrected chi connectivity index (χ3v) is 2.75. The van der Waals surface area contributed by atoms with E-state index in [0.29, 0.717) is 18.8 Å². The number of fused-ring (bicyclic) bond motifs is 1. The first-order valence-corrected chi connectivity index (χ1v) is 4.95. The lowest BCUT2D eigenvalue weighted by atomic mass is 9.98. The summed E-state index contributed by atoms with van der Waals surface area (Å²) in [6.07, 6.45) is 3.85. The maximum Gasteiger partial charge on any atom is 0.0895 e. The summed E-state index contributed by atoms with van der Waals surface area (Å²) in [5.41, 5.74) is 5.27. The molecule has 0 spiro atoms. The molecule has 0 aromatic heterocycles. The van der Waals surface area contributed by atoms with Gasteiger partial charge in [-0.25, -0.2) is 0 Å². The Balaban J connectivity index is 1.64. The van der Waals surface area contributed by atoms with E-state index in [0.717, 1.165) is 19.3 Å². The van der Waals surface area contributed by atoms with Gasteiger partial charge in [0.15, 0.2) is 0 Å². The maximum atomic E-state index is 9.18. The van der Waals surface area contributed by atoms with Gasteiger partial charge in [0.2, 0.25) is 0 Å². The molecule has 4 heteroatoms. The van der Waals surface area contributed by atoms with Crippen LogP contribution in [0.2, 0.25) is 0 Å². The molecule has 0 aromatic carbocycles. The van der Waals surface area contributed by atoms with E-state index >= 15 is 0 Å². The summed E-state index contributed by atoms with van der Waals surface area (Å²) >= 11 is 0. The first-order chi connectivity index (χ1) is 6.29. The van der Waals surface area contributed by atoms with Crippen LogP contribution in [-0.4, -0.2) is 42.7 Å². The van der Waals surface area contributed by atoms with E-state index in [1.54, 1.807) is 0 Å². The molecule has 2 rings (SSSR count). The molecule has 76 valence electrons. The highest BCUT2D eigenvalue weighted by Gasteiger charge is 2.44. The second-order valence-corrected chi connectivity index (χ2v) is 3.87. The molecular weight excluding hydrogens is 170 g/mol. The standard InChI is InChI=1S/C9H17NO3/c10-4-6(11)5-12-7-1-2-8-9(3-7)13-8/h6-9,11H,1-5,10H2. The van der Waals surface area contributed by atoms with Crippen LogP contribution in [0.25, 0.3) is 0 Å². The maximum absolute atomic E-state index is 9.18. The predicted molar refractivity (Wildman–Crippen MR) is 47.3 cm³/mol. The topological polar surface area (TPSA) is 68.0 Å². The Morgan fingerprint density at radius 1 is 1.46 bits per heavy atom. The van der Waals surface area contributed by atoms with Gasteiger partial charge >= 0.3 is 0 Å². The number of epoxide rings is 1. The van der Waals surface area contributed by atoms with Crippen molar-refractivity contribution in [2.45, 2.75) is 43.7 Å². The van der Waals surface area contributed by atoms with Gasteiger partial charge in [-0.05, 0) is 12.8 Å². The zero-order chi connectivity index (χ0) is 9.26. The molecule has 4 nitrogen and oxygen atoms in total. The Morgan fingerprint density at radius 2 is 2.31 bits per heavy atom. The molecule has 0 radical (unpaired) electrons. The Bertz CT molecular complexity index is 176. The second-order valence-electron chi connectivity index (χ2n) is 3.87. The number of nitrogens with two attached hydrogens (primary N) is 1. The average molecular weight is 187 g/mol. The quantitative estimate of drug-likeness (QED) is 0.590. The highest BCUT2D eigenvalue weighted by Crippen LogP contribution is 2.37. The number of hydrogen-bond donors (Lipinski definition) is 2. The van der Waals surface area contributed by atoms with Gasteiger partial charge < -0.3 is 20.3 Å². The molecule has 1 heterocycles. The minimum Gasteiger partial charge on any atom is -0.389 e. The zero-order valence-corrected chi connectivity index (χ0v) is 7.69. The van der Waals surface area contributed by atoms with Crippen LogP contribution in [0.1, 0.15) is 19.3 Å².